The minimum absolute atomic E-state index is 0.0685. The number of nitrogens with zero attached hydrogens (tertiary/aromatic N) is 3. The number of carbonyl (C=O) groups is 2. The van der Waals surface area contributed by atoms with Crippen molar-refractivity contribution in [2.24, 2.45) is 0 Å². The molecule has 28 heavy (non-hydrogen) atoms. The third-order valence-electron chi connectivity index (χ3n) is 4.74. The highest BCUT2D eigenvalue weighted by Gasteiger charge is 2.20. The van der Waals surface area contributed by atoms with E-state index in [1.807, 2.05) is 17.0 Å². The largest absolute Gasteiger partial charge is 0.338 e. The fourth-order valence-electron chi connectivity index (χ4n) is 3.19. The Bertz CT molecular complexity index is 914. The van der Waals surface area contributed by atoms with Crippen LogP contribution in [0.15, 0.2) is 42.5 Å². The zero-order valence-corrected chi connectivity index (χ0v) is 16.2. The number of non-ortho nitro benzene ring substituents is 1. The van der Waals surface area contributed by atoms with Crippen LogP contribution in [0.4, 0.5) is 5.69 Å². The molecule has 0 aromatic heterocycles. The summed E-state index contributed by atoms with van der Waals surface area (Å²) >= 11 is 6.12. The van der Waals surface area contributed by atoms with Crippen molar-refractivity contribution in [2.75, 3.05) is 13.6 Å². The van der Waals surface area contributed by atoms with E-state index in [2.05, 4.69) is 0 Å². The highest BCUT2D eigenvalue weighted by molar-refractivity contribution is 6.31. The van der Waals surface area contributed by atoms with Crippen molar-refractivity contribution >= 4 is 29.1 Å². The first-order chi connectivity index (χ1) is 13.3. The van der Waals surface area contributed by atoms with Gasteiger partial charge in [0.15, 0.2) is 0 Å². The van der Waals surface area contributed by atoms with Crippen LogP contribution in [0.25, 0.3) is 0 Å². The standard InChI is InChI=1S/C20H20ClN3O4/c1-22(13-16-11-17(24(27)28)8-9-18(16)21)20(26)15-6-4-14(5-7-15)12-23-10-2-3-19(23)25/h4-9,11H,2-3,10,12-13H2,1H3. The van der Waals surface area contributed by atoms with Gasteiger partial charge in [0, 0.05) is 55.8 Å². The van der Waals surface area contributed by atoms with Gasteiger partial charge < -0.3 is 9.80 Å². The minimum atomic E-state index is -0.495. The molecule has 1 saturated heterocycles. The van der Waals surface area contributed by atoms with Crippen molar-refractivity contribution in [1.82, 2.24) is 9.80 Å². The third kappa shape index (κ3) is 4.48. The Hall–Kier alpha value is -2.93. The number of rotatable bonds is 6. The molecule has 0 spiro atoms. The summed E-state index contributed by atoms with van der Waals surface area (Å²) in [5.74, 6) is -0.0555. The maximum absolute atomic E-state index is 12.7. The van der Waals surface area contributed by atoms with E-state index >= 15 is 0 Å². The Kier molecular flexibility index (Phi) is 5.94. The first kappa shape index (κ1) is 19.8. The SMILES string of the molecule is CN(Cc1cc([N+](=O)[O-])ccc1Cl)C(=O)c1ccc(CN2CCCC2=O)cc1. The number of amides is 2. The Morgan fingerprint density at radius 2 is 1.96 bits per heavy atom. The van der Waals surface area contributed by atoms with Crippen LogP contribution in [-0.2, 0) is 17.9 Å². The van der Waals surface area contributed by atoms with E-state index in [0.29, 0.717) is 29.1 Å². The number of likely N-dealkylation sites (tertiary alicyclic amines) is 1. The summed E-state index contributed by atoms with van der Waals surface area (Å²) in [6, 6.07) is 11.3. The molecule has 0 bridgehead atoms. The molecule has 2 amide bonds. The van der Waals surface area contributed by atoms with E-state index in [9.17, 15) is 19.7 Å². The van der Waals surface area contributed by atoms with Gasteiger partial charge in [0.25, 0.3) is 11.6 Å². The van der Waals surface area contributed by atoms with Gasteiger partial charge in [-0.1, -0.05) is 23.7 Å². The quantitative estimate of drug-likeness (QED) is 0.546. The highest BCUT2D eigenvalue weighted by atomic mass is 35.5. The van der Waals surface area contributed by atoms with Crippen molar-refractivity contribution in [2.45, 2.75) is 25.9 Å². The lowest BCUT2D eigenvalue weighted by Crippen LogP contribution is -2.26. The fourth-order valence-corrected chi connectivity index (χ4v) is 3.37. The van der Waals surface area contributed by atoms with E-state index in [1.165, 1.54) is 23.1 Å². The van der Waals surface area contributed by atoms with Crippen LogP contribution < -0.4 is 0 Å². The van der Waals surface area contributed by atoms with Crippen molar-refractivity contribution in [1.29, 1.82) is 0 Å². The van der Waals surface area contributed by atoms with Gasteiger partial charge in [0.1, 0.15) is 0 Å². The van der Waals surface area contributed by atoms with Gasteiger partial charge in [0.05, 0.1) is 4.92 Å². The predicted octanol–water partition coefficient (Wildman–Crippen LogP) is 3.64. The molecule has 0 atom stereocenters. The second-order valence-electron chi connectivity index (χ2n) is 6.81. The van der Waals surface area contributed by atoms with Gasteiger partial charge in [0.2, 0.25) is 5.91 Å². The zero-order chi connectivity index (χ0) is 20.3. The van der Waals surface area contributed by atoms with Crippen LogP contribution in [0.1, 0.15) is 34.3 Å². The van der Waals surface area contributed by atoms with Crippen LogP contribution in [0.3, 0.4) is 0 Å². The molecular weight excluding hydrogens is 382 g/mol. The molecule has 2 aromatic carbocycles. The molecule has 146 valence electrons. The zero-order valence-electron chi connectivity index (χ0n) is 15.4. The van der Waals surface area contributed by atoms with Crippen LogP contribution in [0, 0.1) is 10.1 Å². The van der Waals surface area contributed by atoms with Gasteiger partial charge in [-0.25, -0.2) is 0 Å². The number of carbonyl (C=O) groups excluding carboxylic acids is 2. The number of halogens is 1. The van der Waals surface area contributed by atoms with Crippen LogP contribution in [-0.4, -0.2) is 40.1 Å². The molecule has 1 aliphatic rings. The van der Waals surface area contributed by atoms with E-state index < -0.39 is 4.92 Å². The van der Waals surface area contributed by atoms with Gasteiger partial charge in [-0.3, -0.25) is 19.7 Å². The van der Waals surface area contributed by atoms with Gasteiger partial charge >= 0.3 is 0 Å². The first-order valence-corrected chi connectivity index (χ1v) is 9.28. The molecule has 2 aromatic rings. The van der Waals surface area contributed by atoms with E-state index in [4.69, 9.17) is 11.6 Å². The normalized spacial score (nSPS) is 13.6. The maximum Gasteiger partial charge on any atom is 0.269 e. The topological polar surface area (TPSA) is 83.8 Å². The minimum Gasteiger partial charge on any atom is -0.338 e. The summed E-state index contributed by atoms with van der Waals surface area (Å²) in [4.78, 5) is 38.1. The summed E-state index contributed by atoms with van der Waals surface area (Å²) in [6.07, 6.45) is 1.49. The smallest absolute Gasteiger partial charge is 0.269 e. The van der Waals surface area contributed by atoms with Crippen LogP contribution in [0.2, 0.25) is 5.02 Å². The number of nitro benzene ring substituents is 1. The Morgan fingerprint density at radius 1 is 1.25 bits per heavy atom. The lowest BCUT2D eigenvalue weighted by molar-refractivity contribution is -0.384. The number of hydrogen-bond donors (Lipinski definition) is 0. The number of benzene rings is 2. The Morgan fingerprint density at radius 3 is 2.57 bits per heavy atom. The molecule has 1 heterocycles. The van der Waals surface area contributed by atoms with Crippen molar-refractivity contribution in [3.63, 3.8) is 0 Å². The summed E-state index contributed by atoms with van der Waals surface area (Å²) in [5.41, 5.74) is 1.91. The summed E-state index contributed by atoms with van der Waals surface area (Å²) in [5, 5.41) is 11.3. The Balaban J connectivity index is 1.67. The lowest BCUT2D eigenvalue weighted by atomic mass is 10.1. The lowest BCUT2D eigenvalue weighted by Gasteiger charge is -2.19. The summed E-state index contributed by atoms with van der Waals surface area (Å²) < 4.78 is 0. The Labute approximate surface area is 167 Å². The van der Waals surface area contributed by atoms with Gasteiger partial charge in [-0.15, -0.1) is 0 Å². The highest BCUT2D eigenvalue weighted by Crippen LogP contribution is 2.24. The first-order valence-electron chi connectivity index (χ1n) is 8.90. The molecule has 0 aliphatic carbocycles. The molecule has 7 nitrogen and oxygen atoms in total. The molecule has 0 saturated carbocycles. The second kappa shape index (κ2) is 8.39. The molecule has 0 radical (unpaired) electrons. The molecule has 0 N–H and O–H groups in total. The average molecular weight is 402 g/mol. The molecule has 1 aliphatic heterocycles. The van der Waals surface area contributed by atoms with Gasteiger partial charge in [-0.2, -0.15) is 0 Å². The van der Waals surface area contributed by atoms with E-state index in [0.717, 1.165) is 18.5 Å². The van der Waals surface area contributed by atoms with Crippen molar-refractivity contribution in [3.8, 4) is 0 Å². The van der Waals surface area contributed by atoms with Crippen LogP contribution in [0.5, 0.6) is 0 Å². The van der Waals surface area contributed by atoms with E-state index in [1.54, 1.807) is 19.2 Å². The summed E-state index contributed by atoms with van der Waals surface area (Å²) in [7, 11) is 1.62. The molecule has 0 unspecified atom stereocenters. The second-order valence-corrected chi connectivity index (χ2v) is 7.22. The molecule has 1 fully saturated rings. The average Bonchev–Trinajstić information content (AvgIpc) is 3.08. The number of hydrogen-bond acceptors (Lipinski definition) is 4. The molecule has 8 heteroatoms. The predicted molar refractivity (Wildman–Crippen MR) is 105 cm³/mol. The maximum atomic E-state index is 12.7. The monoisotopic (exact) mass is 401 g/mol. The van der Waals surface area contributed by atoms with E-state index in [-0.39, 0.29) is 24.0 Å². The van der Waals surface area contributed by atoms with Crippen molar-refractivity contribution in [3.05, 3.63) is 74.3 Å². The van der Waals surface area contributed by atoms with Gasteiger partial charge in [-0.05, 0) is 35.7 Å². The summed E-state index contributed by atoms with van der Waals surface area (Å²) in [6.45, 7) is 1.47. The van der Waals surface area contributed by atoms with Crippen LogP contribution >= 0.6 is 11.6 Å². The number of nitro groups is 1. The third-order valence-corrected chi connectivity index (χ3v) is 5.11. The molecule has 3 rings (SSSR count). The van der Waals surface area contributed by atoms with Crippen molar-refractivity contribution < 1.29 is 14.5 Å². The molecular formula is C20H20ClN3O4. The fraction of sp³-hybridized carbons (Fsp3) is 0.300.